The second-order valence-electron chi connectivity index (χ2n) is 15.0. The molecule has 12 heteroatoms. The summed E-state index contributed by atoms with van der Waals surface area (Å²) in [5.41, 5.74) is 1.26. The standard InChI is InChI=1S/C41H41ClFN3O6Si/c1-25-38(53(2,3)43)36(22-37(48)44-19-9-12-29(44)24-47)52-41(25)31-21-27(42)17-18-32(31)45(40(41)50)23-26-10-8-11-28(20-26)46-33-14-5-7-16-35(33)51-34-15-6-4-13-30(34)39(46)49/h4-8,10-11,13-18,20-21,25,29,36,38,47H,9,12,19,22-24H2,1-3H3/t25-,29-,36+,38-,41+/m0/s1. The van der Waals surface area contributed by atoms with Crippen molar-refractivity contribution in [1.82, 2.24) is 4.90 Å². The number of aliphatic hydroxyl groups excluding tert-OH is 1. The molecule has 1 spiro atoms. The normalized spacial score (nSPS) is 25.0. The second kappa shape index (κ2) is 13.4. The monoisotopic (exact) mass is 753 g/mol. The van der Waals surface area contributed by atoms with Crippen molar-refractivity contribution < 1.29 is 33.1 Å². The van der Waals surface area contributed by atoms with Gasteiger partial charge in [0.1, 0.15) is 5.75 Å². The molecule has 9 nitrogen and oxygen atoms in total. The lowest BCUT2D eigenvalue weighted by Gasteiger charge is -2.31. The van der Waals surface area contributed by atoms with E-state index in [1.54, 1.807) is 64.2 Å². The maximum Gasteiger partial charge on any atom is 0.266 e. The van der Waals surface area contributed by atoms with E-state index in [0.717, 1.165) is 12.0 Å². The van der Waals surface area contributed by atoms with E-state index in [9.17, 15) is 19.5 Å². The molecule has 0 saturated carbocycles. The zero-order valence-corrected chi connectivity index (χ0v) is 31.6. The van der Waals surface area contributed by atoms with Gasteiger partial charge in [0.05, 0.1) is 48.7 Å². The van der Waals surface area contributed by atoms with E-state index in [-0.39, 0.29) is 43.3 Å². The number of nitrogens with zero attached hydrogens (tertiary/aromatic N) is 3. The number of hydrogen-bond acceptors (Lipinski definition) is 6. The van der Waals surface area contributed by atoms with Gasteiger partial charge in [0.2, 0.25) is 14.3 Å². The number of para-hydroxylation sites is 3. The summed E-state index contributed by atoms with van der Waals surface area (Å²) in [5.74, 6) is -0.419. The number of amides is 3. The van der Waals surface area contributed by atoms with Crippen LogP contribution in [-0.4, -0.2) is 61.4 Å². The van der Waals surface area contributed by atoms with E-state index in [1.807, 2.05) is 61.5 Å². The highest BCUT2D eigenvalue weighted by atomic mass is 35.5. The number of halogens is 2. The highest BCUT2D eigenvalue weighted by molar-refractivity contribution is 6.72. The number of benzene rings is 4. The van der Waals surface area contributed by atoms with Crippen LogP contribution in [0.25, 0.3) is 0 Å². The van der Waals surface area contributed by atoms with Crippen molar-refractivity contribution in [1.29, 1.82) is 0 Å². The Bertz CT molecular complexity index is 2130. The van der Waals surface area contributed by atoms with Crippen LogP contribution in [0.15, 0.2) is 91.0 Å². The van der Waals surface area contributed by atoms with Gasteiger partial charge in [0.15, 0.2) is 11.4 Å². The molecule has 4 aliphatic rings. The van der Waals surface area contributed by atoms with Crippen LogP contribution in [0.1, 0.15) is 47.7 Å². The van der Waals surface area contributed by atoms with Crippen molar-refractivity contribution in [3.05, 3.63) is 113 Å². The highest BCUT2D eigenvalue weighted by Gasteiger charge is 2.67. The van der Waals surface area contributed by atoms with Crippen LogP contribution in [0.4, 0.5) is 21.2 Å². The molecule has 0 aliphatic carbocycles. The Kier molecular flexibility index (Phi) is 8.96. The number of fused-ring (bicyclic) bond motifs is 4. The Morgan fingerprint density at radius 2 is 1.74 bits per heavy atom. The number of carbonyl (C=O) groups excluding carboxylic acids is 3. The summed E-state index contributed by atoms with van der Waals surface area (Å²) in [6.45, 7) is 5.58. The molecule has 4 aromatic carbocycles. The molecule has 0 radical (unpaired) electrons. The van der Waals surface area contributed by atoms with Crippen molar-refractivity contribution in [2.24, 2.45) is 5.92 Å². The van der Waals surface area contributed by atoms with Gasteiger partial charge in [-0.2, -0.15) is 0 Å². The largest absolute Gasteiger partial charge is 0.454 e. The van der Waals surface area contributed by atoms with E-state index >= 15 is 4.11 Å². The zero-order chi connectivity index (χ0) is 37.2. The fourth-order valence-corrected chi connectivity index (χ4v) is 11.7. The van der Waals surface area contributed by atoms with Crippen LogP contribution in [0.3, 0.4) is 0 Å². The van der Waals surface area contributed by atoms with Gasteiger partial charge in [-0.1, -0.05) is 54.9 Å². The Labute approximate surface area is 314 Å². The maximum atomic E-state index is 16.4. The molecule has 53 heavy (non-hydrogen) atoms. The van der Waals surface area contributed by atoms with E-state index in [1.165, 1.54) is 0 Å². The highest BCUT2D eigenvalue weighted by Crippen LogP contribution is 2.60. The van der Waals surface area contributed by atoms with Crippen LogP contribution in [-0.2, 0) is 26.5 Å². The molecule has 0 unspecified atom stereocenters. The summed E-state index contributed by atoms with van der Waals surface area (Å²) < 4.78 is 29.4. The summed E-state index contributed by atoms with van der Waals surface area (Å²) in [6, 6.07) is 26.9. The Hall–Kier alpha value is -4.55. The third-order valence-electron chi connectivity index (χ3n) is 11.4. The smallest absolute Gasteiger partial charge is 0.266 e. The summed E-state index contributed by atoms with van der Waals surface area (Å²) in [4.78, 5) is 47.7. The number of likely N-dealkylation sites (tertiary alicyclic amines) is 1. The molecule has 4 heterocycles. The number of rotatable bonds is 7. The van der Waals surface area contributed by atoms with Crippen LogP contribution in [0.5, 0.6) is 11.5 Å². The van der Waals surface area contributed by atoms with Crippen LogP contribution >= 0.6 is 11.6 Å². The molecule has 3 amide bonds. The first-order valence-corrected chi connectivity index (χ1v) is 21.4. The van der Waals surface area contributed by atoms with Gasteiger partial charge in [-0.05, 0) is 86.1 Å². The minimum Gasteiger partial charge on any atom is -0.454 e. The van der Waals surface area contributed by atoms with Crippen molar-refractivity contribution in [3.63, 3.8) is 0 Å². The molecule has 2 saturated heterocycles. The van der Waals surface area contributed by atoms with Crippen molar-refractivity contribution in [2.75, 3.05) is 23.0 Å². The Morgan fingerprint density at radius 1 is 0.981 bits per heavy atom. The molecule has 0 bridgehead atoms. The molecule has 1 N–H and O–H groups in total. The number of aliphatic hydroxyl groups is 1. The summed E-state index contributed by atoms with van der Waals surface area (Å²) in [7, 11) is -3.52. The molecular weight excluding hydrogens is 713 g/mol. The van der Waals surface area contributed by atoms with E-state index in [4.69, 9.17) is 21.1 Å². The summed E-state index contributed by atoms with van der Waals surface area (Å²) in [6.07, 6.45) is 0.565. The molecule has 2 fully saturated rings. The topological polar surface area (TPSA) is 99.6 Å². The lowest BCUT2D eigenvalue weighted by molar-refractivity contribution is -0.150. The first-order valence-electron chi connectivity index (χ1n) is 18.1. The average Bonchev–Trinajstić information content (AvgIpc) is 3.77. The minimum absolute atomic E-state index is 0.0863. The molecule has 4 aliphatic heterocycles. The average molecular weight is 754 g/mol. The first kappa shape index (κ1) is 35.5. The predicted molar refractivity (Wildman–Crippen MR) is 203 cm³/mol. The zero-order valence-electron chi connectivity index (χ0n) is 29.8. The fraction of sp³-hybridized carbons (Fsp3) is 0.341. The second-order valence-corrected chi connectivity index (χ2v) is 19.2. The molecule has 0 aromatic heterocycles. The third kappa shape index (κ3) is 5.85. The lowest BCUT2D eigenvalue weighted by atomic mass is 9.82. The van der Waals surface area contributed by atoms with Gasteiger partial charge < -0.3 is 28.5 Å². The molecule has 5 atom stereocenters. The Balaban J connectivity index is 1.15. The van der Waals surface area contributed by atoms with Gasteiger partial charge in [0, 0.05) is 34.3 Å². The van der Waals surface area contributed by atoms with Crippen LogP contribution < -0.4 is 14.5 Å². The molecule has 4 aromatic rings. The summed E-state index contributed by atoms with van der Waals surface area (Å²) >= 11 is 6.58. The maximum absolute atomic E-state index is 16.4. The van der Waals surface area contributed by atoms with Gasteiger partial charge in [-0.3, -0.25) is 19.3 Å². The van der Waals surface area contributed by atoms with Gasteiger partial charge in [0.25, 0.3) is 11.8 Å². The lowest BCUT2D eigenvalue weighted by Crippen LogP contribution is -2.45. The minimum atomic E-state index is -3.52. The van der Waals surface area contributed by atoms with Crippen molar-refractivity contribution >= 4 is 54.8 Å². The van der Waals surface area contributed by atoms with E-state index in [0.29, 0.717) is 57.7 Å². The van der Waals surface area contributed by atoms with Crippen LogP contribution in [0.2, 0.25) is 23.7 Å². The van der Waals surface area contributed by atoms with Gasteiger partial charge >= 0.3 is 0 Å². The van der Waals surface area contributed by atoms with E-state index < -0.39 is 31.6 Å². The SMILES string of the molecule is C[C@H]1[C@H]([Si](C)(C)F)[C@@H](CC(=O)N2CCC[C@H]2CO)O[C@]12C(=O)N(Cc1cccc(N3C(=O)c4ccccc4Oc4ccccc43)c1)c1ccc(Cl)cc12. The number of ether oxygens (including phenoxy) is 2. The van der Waals surface area contributed by atoms with Crippen LogP contribution in [0, 0.1) is 5.92 Å². The number of anilines is 3. The first-order chi connectivity index (χ1) is 25.4. The summed E-state index contributed by atoms with van der Waals surface area (Å²) in [5, 5.41) is 10.3. The molecule has 8 rings (SSSR count). The van der Waals surface area contributed by atoms with Crippen molar-refractivity contribution in [2.45, 2.75) is 69.1 Å². The van der Waals surface area contributed by atoms with Crippen molar-refractivity contribution in [3.8, 4) is 11.5 Å². The quantitative estimate of drug-likeness (QED) is 0.151. The predicted octanol–water partition coefficient (Wildman–Crippen LogP) is 8.12. The van der Waals surface area contributed by atoms with E-state index in [2.05, 4.69) is 0 Å². The third-order valence-corrected chi connectivity index (χ3v) is 14.1. The molecular formula is C41H41ClFN3O6Si. The molecule has 274 valence electrons. The number of hydrogen-bond donors (Lipinski definition) is 1. The fourth-order valence-electron chi connectivity index (χ4n) is 9.06. The van der Waals surface area contributed by atoms with Gasteiger partial charge in [-0.25, -0.2) is 0 Å². The Morgan fingerprint density at radius 3 is 2.51 bits per heavy atom. The van der Waals surface area contributed by atoms with Gasteiger partial charge in [-0.15, -0.1) is 0 Å². The number of carbonyl (C=O) groups is 3.